The standard InChI is InChI=1S/C30H37Cl2FN6O3/c1-21(19-35-30(34-2)39-11-9-37(8-5-33)10-12-39)42-28-14-23(20-38-6-3-22(4-7-38)15-29(40)41)13-27(36-28)24-16-25(31)18-26(32)17-24/h13-14,16-19,22H,2-12,15,20H2,1H3,(H,40,41)/b21-19+,35-30?. The number of hydrogen-bond acceptors (Lipinski definition) is 6. The number of piperidine rings is 1. The third-order valence-electron chi connectivity index (χ3n) is 7.42. The van der Waals surface area contributed by atoms with Gasteiger partial charge in [-0.15, -0.1) is 0 Å². The molecular weight excluding hydrogens is 582 g/mol. The predicted molar refractivity (Wildman–Crippen MR) is 165 cm³/mol. The van der Waals surface area contributed by atoms with Crippen LogP contribution in [0.1, 0.15) is 31.7 Å². The molecule has 0 unspecified atom stereocenters. The molecule has 9 nitrogen and oxygen atoms in total. The van der Waals surface area contributed by atoms with E-state index >= 15 is 0 Å². The van der Waals surface area contributed by atoms with Crippen LogP contribution in [0.4, 0.5) is 4.39 Å². The zero-order valence-electron chi connectivity index (χ0n) is 23.8. The van der Waals surface area contributed by atoms with Crippen molar-refractivity contribution in [1.82, 2.24) is 19.7 Å². The Balaban J connectivity index is 1.51. The first-order chi connectivity index (χ1) is 20.2. The predicted octanol–water partition coefficient (Wildman–Crippen LogP) is 5.63. The number of carbonyl (C=O) groups is 1. The number of rotatable bonds is 10. The molecule has 42 heavy (non-hydrogen) atoms. The van der Waals surface area contributed by atoms with Crippen LogP contribution in [0.15, 0.2) is 52.3 Å². The van der Waals surface area contributed by atoms with Gasteiger partial charge in [0.25, 0.3) is 0 Å². The molecule has 3 heterocycles. The average Bonchev–Trinajstić information content (AvgIpc) is 2.94. The summed E-state index contributed by atoms with van der Waals surface area (Å²) < 4.78 is 18.8. The summed E-state index contributed by atoms with van der Waals surface area (Å²) in [5.41, 5.74) is 2.44. The number of nitrogens with zero attached hydrogens (tertiary/aromatic N) is 6. The minimum atomic E-state index is -0.742. The summed E-state index contributed by atoms with van der Waals surface area (Å²) in [5.74, 6) is 0.869. The number of aliphatic imine (C=N–C) groups is 2. The van der Waals surface area contributed by atoms with Gasteiger partial charge in [-0.25, -0.2) is 19.4 Å². The quantitative estimate of drug-likeness (QED) is 0.210. The smallest absolute Gasteiger partial charge is 0.303 e. The van der Waals surface area contributed by atoms with Gasteiger partial charge in [-0.1, -0.05) is 23.2 Å². The van der Waals surface area contributed by atoms with E-state index in [-0.39, 0.29) is 19.0 Å². The van der Waals surface area contributed by atoms with Crippen LogP contribution in [0.5, 0.6) is 5.88 Å². The van der Waals surface area contributed by atoms with E-state index in [1.807, 2.05) is 29.2 Å². The third kappa shape index (κ3) is 9.49. The number of piperazine rings is 1. The van der Waals surface area contributed by atoms with Crippen LogP contribution in [0.2, 0.25) is 10.0 Å². The van der Waals surface area contributed by atoms with Crippen molar-refractivity contribution in [3.63, 3.8) is 0 Å². The molecule has 2 fully saturated rings. The van der Waals surface area contributed by atoms with Gasteiger partial charge in [-0.05, 0) is 75.3 Å². The van der Waals surface area contributed by atoms with E-state index in [0.29, 0.717) is 59.5 Å². The Morgan fingerprint density at radius 3 is 2.40 bits per heavy atom. The Labute approximate surface area is 256 Å². The molecule has 12 heteroatoms. The molecule has 4 rings (SSSR count). The first-order valence-electron chi connectivity index (χ1n) is 14.1. The van der Waals surface area contributed by atoms with Crippen LogP contribution >= 0.6 is 23.2 Å². The maximum absolute atomic E-state index is 12.7. The van der Waals surface area contributed by atoms with Gasteiger partial charge in [0.15, 0.2) is 0 Å². The number of likely N-dealkylation sites (tertiary alicyclic amines) is 1. The Hall–Kier alpha value is -3.05. The lowest BCUT2D eigenvalue weighted by molar-refractivity contribution is -0.138. The van der Waals surface area contributed by atoms with Crippen molar-refractivity contribution in [3.8, 4) is 17.1 Å². The number of carboxylic acid groups (broad SMARTS) is 1. The molecule has 0 bridgehead atoms. The number of allylic oxidation sites excluding steroid dienone is 1. The van der Waals surface area contributed by atoms with Crippen molar-refractivity contribution in [1.29, 1.82) is 0 Å². The van der Waals surface area contributed by atoms with Gasteiger partial charge in [0.05, 0.1) is 11.9 Å². The Morgan fingerprint density at radius 2 is 1.79 bits per heavy atom. The first kappa shape index (κ1) is 31.9. The Bertz CT molecular complexity index is 1290. The normalized spacial score (nSPS) is 17.9. The van der Waals surface area contributed by atoms with Crippen molar-refractivity contribution >= 4 is 41.8 Å². The molecule has 0 aliphatic carbocycles. The van der Waals surface area contributed by atoms with Crippen molar-refractivity contribution in [3.05, 3.63) is 57.9 Å². The lowest BCUT2D eigenvalue weighted by Gasteiger charge is -2.34. The number of aromatic nitrogens is 1. The van der Waals surface area contributed by atoms with E-state index in [1.54, 1.807) is 19.2 Å². The van der Waals surface area contributed by atoms with Crippen LogP contribution in [0.25, 0.3) is 11.3 Å². The molecule has 0 amide bonds. The molecule has 0 saturated carbocycles. The number of pyridine rings is 1. The van der Waals surface area contributed by atoms with Gasteiger partial charge in [0.1, 0.15) is 12.4 Å². The molecule has 2 saturated heterocycles. The van der Waals surface area contributed by atoms with E-state index in [9.17, 15) is 9.18 Å². The van der Waals surface area contributed by atoms with Crippen LogP contribution in [0, 0.1) is 5.92 Å². The zero-order valence-corrected chi connectivity index (χ0v) is 25.3. The highest BCUT2D eigenvalue weighted by Gasteiger charge is 2.22. The van der Waals surface area contributed by atoms with Crippen LogP contribution in [-0.4, -0.2) is 95.9 Å². The molecule has 1 N–H and O–H groups in total. The van der Waals surface area contributed by atoms with Crippen molar-refractivity contribution in [2.75, 3.05) is 52.5 Å². The fourth-order valence-electron chi connectivity index (χ4n) is 5.26. The number of halogens is 3. The van der Waals surface area contributed by atoms with Gasteiger partial charge >= 0.3 is 5.97 Å². The maximum Gasteiger partial charge on any atom is 0.303 e. The van der Waals surface area contributed by atoms with Gasteiger partial charge in [-0.2, -0.15) is 0 Å². The lowest BCUT2D eigenvalue weighted by atomic mass is 9.93. The zero-order chi connectivity index (χ0) is 30.1. The molecule has 0 radical (unpaired) electrons. The second-order valence-corrected chi connectivity index (χ2v) is 11.5. The summed E-state index contributed by atoms with van der Waals surface area (Å²) >= 11 is 12.6. The van der Waals surface area contributed by atoms with Crippen molar-refractivity contribution in [2.45, 2.75) is 32.7 Å². The summed E-state index contributed by atoms with van der Waals surface area (Å²) in [6.45, 7) is 10.7. The number of guanidine groups is 1. The van der Waals surface area contributed by atoms with Gasteiger partial charge in [0, 0.05) is 67.4 Å². The molecule has 1 aromatic heterocycles. The van der Waals surface area contributed by atoms with Crippen LogP contribution < -0.4 is 4.74 Å². The minimum Gasteiger partial charge on any atom is -0.481 e. The molecule has 0 spiro atoms. The number of ether oxygens (including phenoxy) is 1. The molecule has 0 atom stereocenters. The molecule has 2 aliphatic heterocycles. The average molecular weight is 620 g/mol. The monoisotopic (exact) mass is 618 g/mol. The Morgan fingerprint density at radius 1 is 1.10 bits per heavy atom. The second kappa shape index (κ2) is 15.4. The summed E-state index contributed by atoms with van der Waals surface area (Å²) in [5, 5.41) is 10.1. The molecule has 2 aliphatic rings. The highest BCUT2D eigenvalue weighted by Crippen LogP contribution is 2.30. The lowest BCUT2D eigenvalue weighted by Crippen LogP contribution is -2.48. The summed E-state index contributed by atoms with van der Waals surface area (Å²) in [6, 6.07) is 9.19. The van der Waals surface area contributed by atoms with E-state index in [0.717, 1.165) is 50.1 Å². The summed E-state index contributed by atoms with van der Waals surface area (Å²) in [6.07, 6.45) is 3.51. The highest BCUT2D eigenvalue weighted by molar-refractivity contribution is 6.35. The summed E-state index contributed by atoms with van der Waals surface area (Å²) in [4.78, 5) is 30.8. The molecule has 2 aromatic rings. The molecular formula is C30H37Cl2FN6O3. The maximum atomic E-state index is 12.7. The minimum absolute atomic E-state index is 0.210. The largest absolute Gasteiger partial charge is 0.481 e. The van der Waals surface area contributed by atoms with Gasteiger partial charge in [0.2, 0.25) is 11.8 Å². The highest BCUT2D eigenvalue weighted by atomic mass is 35.5. The fourth-order valence-corrected chi connectivity index (χ4v) is 5.79. The number of carboxylic acids is 1. The molecule has 1 aromatic carbocycles. The van der Waals surface area contributed by atoms with Crippen LogP contribution in [-0.2, 0) is 11.3 Å². The van der Waals surface area contributed by atoms with E-state index in [4.69, 9.17) is 38.0 Å². The second-order valence-electron chi connectivity index (χ2n) is 10.6. The third-order valence-corrected chi connectivity index (χ3v) is 7.86. The number of benzene rings is 1. The first-order valence-corrected chi connectivity index (χ1v) is 14.8. The number of hydrogen-bond donors (Lipinski definition) is 1. The number of alkyl halides is 1. The van der Waals surface area contributed by atoms with Crippen molar-refractivity contribution in [2.24, 2.45) is 15.9 Å². The Kier molecular flexibility index (Phi) is 11.7. The summed E-state index contributed by atoms with van der Waals surface area (Å²) in [7, 11) is 0. The van der Waals surface area contributed by atoms with Crippen molar-refractivity contribution < 1.29 is 19.0 Å². The molecule has 226 valence electrons. The number of aliphatic carboxylic acids is 1. The van der Waals surface area contributed by atoms with E-state index < -0.39 is 5.97 Å². The van der Waals surface area contributed by atoms with Crippen LogP contribution in [0.3, 0.4) is 0 Å². The van der Waals surface area contributed by atoms with Gasteiger partial charge in [-0.3, -0.25) is 14.6 Å². The topological polar surface area (TPSA) is 93.9 Å². The van der Waals surface area contributed by atoms with E-state index in [1.165, 1.54) is 0 Å². The fraction of sp³-hybridized carbons (Fsp3) is 0.467. The SMILES string of the molecule is C=NC(=N/C=C(\C)Oc1cc(CN2CCC(CC(=O)O)CC2)cc(-c2cc(Cl)cc(Cl)c2)n1)N1CCN(CCF)CC1. The van der Waals surface area contributed by atoms with Gasteiger partial charge < -0.3 is 14.7 Å². The van der Waals surface area contributed by atoms with E-state index in [2.05, 4.69) is 26.5 Å².